The minimum Gasteiger partial charge on any atom is -0.356 e. The van der Waals surface area contributed by atoms with Crippen LogP contribution in [0.5, 0.6) is 0 Å². The Morgan fingerprint density at radius 1 is 1.08 bits per heavy atom. The molecule has 0 radical (unpaired) electrons. The lowest BCUT2D eigenvalue weighted by molar-refractivity contribution is -0.121. The number of rotatable bonds is 4. The van der Waals surface area contributed by atoms with E-state index in [0.717, 1.165) is 13.0 Å². The summed E-state index contributed by atoms with van der Waals surface area (Å²) >= 11 is 0. The molecule has 2 aromatic carbocycles. The minimum absolute atomic E-state index is 0. The third-order valence-corrected chi connectivity index (χ3v) is 5.49. The van der Waals surface area contributed by atoms with Gasteiger partial charge in [-0.1, -0.05) is 48.5 Å². The molecule has 3 N–H and O–H groups in total. The summed E-state index contributed by atoms with van der Waals surface area (Å²) in [7, 11) is 0. The Kier molecular flexibility index (Phi) is 5.16. The maximum atomic E-state index is 12.0. The van der Waals surface area contributed by atoms with Gasteiger partial charge in [0.1, 0.15) is 0 Å². The van der Waals surface area contributed by atoms with Gasteiger partial charge in [-0.2, -0.15) is 0 Å². The van der Waals surface area contributed by atoms with Crippen molar-refractivity contribution in [2.24, 2.45) is 11.7 Å². The van der Waals surface area contributed by atoms with Crippen LogP contribution in [0.15, 0.2) is 48.5 Å². The Hall–Kier alpha value is -1.84. The standard InChI is InChI=1S/C21H24N2O.ClH/c1-13(22)10-20(24)23-12-14-11-19-15-6-2-4-8-17(15)21(14)18-9-5-3-7-16(18)19;/h2-9,13-14,19,21H,10-12,22H2,1H3,(H,23,24);1H. The van der Waals surface area contributed by atoms with Crippen molar-refractivity contribution < 1.29 is 4.79 Å². The van der Waals surface area contributed by atoms with Crippen molar-refractivity contribution in [1.82, 2.24) is 5.32 Å². The summed E-state index contributed by atoms with van der Waals surface area (Å²) in [5.74, 6) is 1.36. The zero-order valence-electron chi connectivity index (χ0n) is 14.4. The number of fused-ring (bicyclic) bond motifs is 1. The van der Waals surface area contributed by atoms with Crippen LogP contribution in [0.25, 0.3) is 0 Å². The zero-order valence-corrected chi connectivity index (χ0v) is 15.3. The zero-order chi connectivity index (χ0) is 16.7. The molecule has 2 aromatic rings. The largest absolute Gasteiger partial charge is 0.356 e. The molecule has 3 nitrogen and oxygen atoms in total. The predicted octanol–water partition coefficient (Wildman–Crippen LogP) is 3.56. The predicted molar refractivity (Wildman–Crippen MR) is 103 cm³/mol. The lowest BCUT2D eigenvalue weighted by atomic mass is 9.59. The van der Waals surface area contributed by atoms with E-state index in [9.17, 15) is 4.79 Å². The lowest BCUT2D eigenvalue weighted by Gasteiger charge is -2.45. The molecule has 132 valence electrons. The molecule has 3 aliphatic carbocycles. The molecule has 0 heterocycles. The fourth-order valence-corrected chi connectivity index (χ4v) is 4.57. The van der Waals surface area contributed by atoms with E-state index in [0.29, 0.717) is 24.2 Å². The molecule has 0 spiro atoms. The van der Waals surface area contributed by atoms with Gasteiger partial charge in [-0.25, -0.2) is 0 Å². The molecular weight excluding hydrogens is 332 g/mol. The molecule has 5 rings (SSSR count). The monoisotopic (exact) mass is 356 g/mol. The average Bonchev–Trinajstić information content (AvgIpc) is 2.59. The minimum atomic E-state index is -0.0886. The molecule has 25 heavy (non-hydrogen) atoms. The smallest absolute Gasteiger partial charge is 0.221 e. The van der Waals surface area contributed by atoms with Crippen molar-refractivity contribution in [3.05, 3.63) is 70.8 Å². The summed E-state index contributed by atoms with van der Waals surface area (Å²) in [5.41, 5.74) is 11.6. The summed E-state index contributed by atoms with van der Waals surface area (Å²) in [6, 6.07) is 17.5. The second-order valence-corrected chi connectivity index (χ2v) is 7.27. The van der Waals surface area contributed by atoms with Gasteiger partial charge in [0.2, 0.25) is 5.91 Å². The number of amides is 1. The van der Waals surface area contributed by atoms with Gasteiger partial charge in [-0.15, -0.1) is 12.4 Å². The topological polar surface area (TPSA) is 55.1 Å². The first-order valence-electron chi connectivity index (χ1n) is 8.85. The first kappa shape index (κ1) is 18.0. The highest BCUT2D eigenvalue weighted by atomic mass is 35.5. The Morgan fingerprint density at radius 2 is 1.60 bits per heavy atom. The van der Waals surface area contributed by atoms with E-state index in [1.54, 1.807) is 0 Å². The maximum Gasteiger partial charge on any atom is 0.221 e. The maximum absolute atomic E-state index is 12.0. The molecule has 2 bridgehead atoms. The number of benzene rings is 2. The van der Waals surface area contributed by atoms with Crippen molar-refractivity contribution in [2.75, 3.05) is 6.54 Å². The SMILES string of the molecule is CC(N)CC(=O)NCC1CC2c3ccccc3C1c1ccccc12.Cl. The number of carbonyl (C=O) groups is 1. The molecule has 0 aromatic heterocycles. The first-order chi connectivity index (χ1) is 11.6. The number of halogens is 1. The Morgan fingerprint density at radius 3 is 2.12 bits per heavy atom. The van der Waals surface area contributed by atoms with Crippen LogP contribution in [-0.4, -0.2) is 18.5 Å². The van der Waals surface area contributed by atoms with Crippen LogP contribution < -0.4 is 11.1 Å². The number of carbonyl (C=O) groups excluding carboxylic acids is 1. The van der Waals surface area contributed by atoms with Gasteiger partial charge in [-0.05, 0) is 41.5 Å². The van der Waals surface area contributed by atoms with E-state index >= 15 is 0 Å². The van der Waals surface area contributed by atoms with Gasteiger partial charge < -0.3 is 11.1 Å². The normalized spacial score (nSPS) is 23.8. The van der Waals surface area contributed by atoms with Gasteiger partial charge >= 0.3 is 0 Å². The molecule has 1 amide bonds. The van der Waals surface area contributed by atoms with Gasteiger partial charge in [0.15, 0.2) is 0 Å². The quantitative estimate of drug-likeness (QED) is 0.880. The molecular formula is C21H25ClN2O. The van der Waals surface area contributed by atoms with E-state index in [1.165, 1.54) is 22.3 Å². The van der Waals surface area contributed by atoms with Crippen LogP contribution in [0.1, 0.15) is 53.9 Å². The highest BCUT2D eigenvalue weighted by Gasteiger charge is 2.42. The highest BCUT2D eigenvalue weighted by molar-refractivity contribution is 5.85. The number of nitrogens with one attached hydrogen (secondary N) is 1. The third-order valence-electron chi connectivity index (χ3n) is 5.49. The molecule has 4 heteroatoms. The molecule has 0 saturated heterocycles. The van der Waals surface area contributed by atoms with Crippen molar-refractivity contribution in [3.8, 4) is 0 Å². The van der Waals surface area contributed by atoms with E-state index in [-0.39, 0.29) is 24.4 Å². The van der Waals surface area contributed by atoms with E-state index in [1.807, 2.05) is 6.92 Å². The van der Waals surface area contributed by atoms with Gasteiger partial charge in [-0.3, -0.25) is 4.79 Å². The van der Waals surface area contributed by atoms with Crippen molar-refractivity contribution in [2.45, 2.75) is 37.6 Å². The van der Waals surface area contributed by atoms with Gasteiger partial charge in [0.25, 0.3) is 0 Å². The van der Waals surface area contributed by atoms with Crippen molar-refractivity contribution >= 4 is 18.3 Å². The second-order valence-electron chi connectivity index (χ2n) is 7.27. The van der Waals surface area contributed by atoms with Crippen molar-refractivity contribution in [1.29, 1.82) is 0 Å². The Labute approximate surface area is 155 Å². The van der Waals surface area contributed by atoms with Gasteiger partial charge in [0, 0.05) is 30.8 Å². The van der Waals surface area contributed by atoms with Gasteiger partial charge in [0.05, 0.1) is 0 Å². The molecule has 0 fully saturated rings. The molecule has 2 atom stereocenters. The Balaban J connectivity index is 0.00000182. The van der Waals surface area contributed by atoms with Crippen LogP contribution in [0.3, 0.4) is 0 Å². The molecule has 3 aliphatic rings. The van der Waals surface area contributed by atoms with Crippen LogP contribution in [0, 0.1) is 5.92 Å². The van der Waals surface area contributed by atoms with E-state index < -0.39 is 0 Å². The van der Waals surface area contributed by atoms with E-state index in [2.05, 4.69) is 53.8 Å². The Bertz CT molecular complexity index is 726. The fourth-order valence-electron chi connectivity index (χ4n) is 4.57. The number of hydrogen-bond donors (Lipinski definition) is 2. The van der Waals surface area contributed by atoms with Crippen LogP contribution in [0.4, 0.5) is 0 Å². The first-order valence-corrected chi connectivity index (χ1v) is 8.85. The van der Waals surface area contributed by atoms with Crippen LogP contribution in [-0.2, 0) is 4.79 Å². The number of nitrogens with two attached hydrogens (primary N) is 1. The summed E-state index contributed by atoms with van der Waals surface area (Å²) in [6.07, 6.45) is 1.51. The molecule has 0 saturated carbocycles. The molecule has 0 aliphatic heterocycles. The molecule has 2 unspecified atom stereocenters. The third kappa shape index (κ3) is 3.19. The summed E-state index contributed by atoms with van der Waals surface area (Å²) < 4.78 is 0. The second kappa shape index (κ2) is 7.19. The van der Waals surface area contributed by atoms with E-state index in [4.69, 9.17) is 5.73 Å². The summed E-state index contributed by atoms with van der Waals surface area (Å²) in [6.45, 7) is 2.60. The summed E-state index contributed by atoms with van der Waals surface area (Å²) in [5, 5.41) is 3.11. The van der Waals surface area contributed by atoms with Crippen molar-refractivity contribution in [3.63, 3.8) is 0 Å². The number of hydrogen-bond acceptors (Lipinski definition) is 2. The lowest BCUT2D eigenvalue weighted by Crippen LogP contribution is -2.40. The summed E-state index contributed by atoms with van der Waals surface area (Å²) in [4.78, 5) is 12.0. The highest BCUT2D eigenvalue weighted by Crippen LogP contribution is 2.55. The van der Waals surface area contributed by atoms with Crippen LogP contribution >= 0.6 is 12.4 Å². The fraction of sp³-hybridized carbons (Fsp3) is 0.381. The average molecular weight is 357 g/mol. The van der Waals surface area contributed by atoms with Crippen LogP contribution in [0.2, 0.25) is 0 Å².